The Hall–Kier alpha value is -1.55. The van der Waals surface area contributed by atoms with Crippen LogP contribution in [-0.4, -0.2) is 75.5 Å². The predicted octanol–water partition coefficient (Wildman–Crippen LogP) is 1.70. The number of halogens is 1. The van der Waals surface area contributed by atoms with Crippen molar-refractivity contribution in [3.63, 3.8) is 0 Å². The summed E-state index contributed by atoms with van der Waals surface area (Å²) >= 11 is 0. The molecule has 2 heterocycles. The lowest BCUT2D eigenvalue weighted by atomic mass is 9.97. The van der Waals surface area contributed by atoms with Gasteiger partial charge in [-0.25, -0.2) is 12.8 Å². The van der Waals surface area contributed by atoms with E-state index in [0.717, 1.165) is 25.7 Å². The molecule has 0 aliphatic carbocycles. The number of hydrogen-bond acceptors (Lipinski definition) is 5. The van der Waals surface area contributed by atoms with Crippen LogP contribution in [-0.2, 0) is 19.6 Å². The molecule has 1 N–H and O–H groups in total. The van der Waals surface area contributed by atoms with Crippen molar-refractivity contribution in [3.8, 4) is 0 Å². The van der Waals surface area contributed by atoms with Gasteiger partial charge < -0.3 is 10.1 Å². The van der Waals surface area contributed by atoms with Crippen LogP contribution in [0.3, 0.4) is 0 Å². The summed E-state index contributed by atoms with van der Waals surface area (Å²) in [5.41, 5.74) is 0. The van der Waals surface area contributed by atoms with Gasteiger partial charge in [0.25, 0.3) is 0 Å². The molecule has 2 aliphatic rings. The second-order valence-corrected chi connectivity index (χ2v) is 10.4. The minimum Gasteiger partial charge on any atom is -0.374 e. The van der Waals surface area contributed by atoms with E-state index in [0.29, 0.717) is 31.9 Å². The number of nitrogens with zero attached hydrogens (tertiary/aromatic N) is 2. The first kappa shape index (κ1) is 23.1. The Morgan fingerprint density at radius 3 is 2.60 bits per heavy atom. The van der Waals surface area contributed by atoms with Crippen LogP contribution < -0.4 is 5.32 Å². The zero-order valence-electron chi connectivity index (χ0n) is 17.7. The van der Waals surface area contributed by atoms with Crippen LogP contribution in [0, 0.1) is 17.7 Å². The molecule has 1 aromatic rings. The summed E-state index contributed by atoms with van der Waals surface area (Å²) < 4.78 is 46.3. The fraction of sp³-hybridized carbons (Fsp3) is 0.667. The molecule has 30 heavy (non-hydrogen) atoms. The van der Waals surface area contributed by atoms with E-state index in [9.17, 15) is 17.6 Å². The number of sulfonamides is 1. The first-order chi connectivity index (χ1) is 14.3. The minimum absolute atomic E-state index is 0.0250. The summed E-state index contributed by atoms with van der Waals surface area (Å²) in [6.07, 6.45) is 0.817. The third-order valence-corrected chi connectivity index (χ3v) is 7.56. The Morgan fingerprint density at radius 2 is 1.93 bits per heavy atom. The van der Waals surface area contributed by atoms with Crippen LogP contribution in [0.5, 0.6) is 0 Å². The molecule has 9 heteroatoms. The zero-order valence-corrected chi connectivity index (χ0v) is 18.5. The Balaban J connectivity index is 1.47. The van der Waals surface area contributed by atoms with E-state index in [1.807, 2.05) is 0 Å². The smallest absolute Gasteiger partial charge is 0.245 e. The average molecular weight is 442 g/mol. The van der Waals surface area contributed by atoms with Gasteiger partial charge in [-0.1, -0.05) is 26.0 Å². The van der Waals surface area contributed by atoms with E-state index in [1.54, 1.807) is 0 Å². The molecule has 1 atom stereocenters. The standard InChI is InChI=1S/C21H32FN3O4S/c1-16(2)14-24-11-12-29-18(15-24)13-23-21(26)17-7-9-25(10-8-17)30(27,28)20-6-4-3-5-19(20)22/h3-6,16-18H,7-15H2,1-2H3,(H,23,26)/t18-/m0/s1. The minimum atomic E-state index is -3.89. The van der Waals surface area contributed by atoms with E-state index in [-0.39, 0.29) is 35.9 Å². The van der Waals surface area contributed by atoms with E-state index in [2.05, 4.69) is 24.1 Å². The molecular formula is C21H32FN3O4S. The van der Waals surface area contributed by atoms with Crippen molar-refractivity contribution in [1.82, 2.24) is 14.5 Å². The monoisotopic (exact) mass is 441 g/mol. The van der Waals surface area contributed by atoms with E-state index in [4.69, 9.17) is 4.74 Å². The summed E-state index contributed by atoms with van der Waals surface area (Å²) in [4.78, 5) is 14.6. The summed E-state index contributed by atoms with van der Waals surface area (Å²) in [7, 11) is -3.89. The first-order valence-corrected chi connectivity index (χ1v) is 12.1. The molecule has 0 unspecified atom stereocenters. The maximum atomic E-state index is 13.9. The topological polar surface area (TPSA) is 79.0 Å². The normalized spacial score (nSPS) is 22.3. The van der Waals surface area contributed by atoms with Crippen LogP contribution in [0.25, 0.3) is 0 Å². The number of hydrogen-bond donors (Lipinski definition) is 1. The van der Waals surface area contributed by atoms with Gasteiger partial charge in [-0.2, -0.15) is 4.31 Å². The fourth-order valence-corrected chi connectivity index (χ4v) is 5.63. The summed E-state index contributed by atoms with van der Waals surface area (Å²) in [6.45, 7) is 8.64. The molecule has 2 saturated heterocycles. The fourth-order valence-electron chi connectivity index (χ4n) is 4.10. The number of nitrogens with one attached hydrogen (secondary N) is 1. The molecule has 0 aromatic heterocycles. The number of carbonyl (C=O) groups is 1. The molecule has 0 bridgehead atoms. The van der Waals surface area contributed by atoms with Gasteiger partial charge in [-0.15, -0.1) is 0 Å². The molecule has 3 rings (SSSR count). The number of ether oxygens (including phenoxy) is 1. The Morgan fingerprint density at radius 1 is 1.23 bits per heavy atom. The highest BCUT2D eigenvalue weighted by molar-refractivity contribution is 7.89. The van der Waals surface area contributed by atoms with E-state index in [1.165, 1.54) is 22.5 Å². The van der Waals surface area contributed by atoms with Gasteiger partial charge in [-0.05, 0) is 30.9 Å². The second-order valence-electron chi connectivity index (χ2n) is 8.50. The Labute approximate surface area is 178 Å². The average Bonchev–Trinajstić information content (AvgIpc) is 2.72. The lowest BCUT2D eigenvalue weighted by molar-refractivity contribution is -0.127. The molecular weight excluding hydrogens is 409 g/mol. The van der Waals surface area contributed by atoms with Crippen molar-refractivity contribution in [2.75, 3.05) is 45.9 Å². The molecule has 0 spiro atoms. The van der Waals surface area contributed by atoms with Crippen molar-refractivity contribution in [1.29, 1.82) is 0 Å². The maximum absolute atomic E-state index is 13.9. The van der Waals surface area contributed by atoms with Crippen LogP contribution in [0.2, 0.25) is 0 Å². The highest BCUT2D eigenvalue weighted by Crippen LogP contribution is 2.25. The third-order valence-electron chi connectivity index (χ3n) is 5.63. The van der Waals surface area contributed by atoms with Crippen LogP contribution in [0.4, 0.5) is 4.39 Å². The Kier molecular flexibility index (Phi) is 7.84. The largest absolute Gasteiger partial charge is 0.374 e. The molecule has 2 fully saturated rings. The van der Waals surface area contributed by atoms with Crippen LogP contribution in [0.1, 0.15) is 26.7 Å². The first-order valence-electron chi connectivity index (χ1n) is 10.6. The van der Waals surface area contributed by atoms with Crippen molar-refractivity contribution in [3.05, 3.63) is 30.1 Å². The molecule has 2 aliphatic heterocycles. The molecule has 1 amide bonds. The lowest BCUT2D eigenvalue weighted by Gasteiger charge is -2.34. The van der Waals surface area contributed by atoms with E-state index >= 15 is 0 Å². The van der Waals surface area contributed by atoms with Crippen molar-refractivity contribution >= 4 is 15.9 Å². The summed E-state index contributed by atoms with van der Waals surface area (Å²) in [6, 6.07) is 5.38. The molecule has 7 nitrogen and oxygen atoms in total. The highest BCUT2D eigenvalue weighted by Gasteiger charge is 2.33. The molecule has 168 valence electrons. The SMILES string of the molecule is CC(C)CN1CCO[C@@H](CNC(=O)C2CCN(S(=O)(=O)c3ccccc3F)CC2)C1. The number of amides is 1. The van der Waals surface area contributed by atoms with Gasteiger partial charge >= 0.3 is 0 Å². The predicted molar refractivity (Wildman–Crippen MR) is 112 cm³/mol. The second kappa shape index (κ2) is 10.2. The summed E-state index contributed by atoms with van der Waals surface area (Å²) in [5, 5.41) is 2.97. The van der Waals surface area contributed by atoms with Gasteiger partial charge in [0.05, 0.1) is 12.7 Å². The Bertz CT molecular complexity index is 825. The summed E-state index contributed by atoms with van der Waals surface area (Å²) in [5.74, 6) is -0.476. The quantitative estimate of drug-likeness (QED) is 0.697. The lowest BCUT2D eigenvalue weighted by Crippen LogP contribution is -2.50. The molecule has 1 aromatic carbocycles. The van der Waals surface area contributed by atoms with Crippen LogP contribution >= 0.6 is 0 Å². The molecule has 0 saturated carbocycles. The van der Waals surface area contributed by atoms with Crippen molar-refractivity contribution in [2.24, 2.45) is 11.8 Å². The van der Waals surface area contributed by atoms with Gasteiger partial charge in [0.1, 0.15) is 10.7 Å². The number of piperidine rings is 1. The number of rotatable bonds is 7. The third kappa shape index (κ3) is 5.78. The highest BCUT2D eigenvalue weighted by atomic mass is 32.2. The maximum Gasteiger partial charge on any atom is 0.245 e. The number of benzene rings is 1. The van der Waals surface area contributed by atoms with Gasteiger partial charge in [0.2, 0.25) is 15.9 Å². The zero-order chi connectivity index (χ0) is 21.7. The van der Waals surface area contributed by atoms with Gasteiger partial charge in [0, 0.05) is 45.2 Å². The van der Waals surface area contributed by atoms with Crippen molar-refractivity contribution < 1.29 is 22.3 Å². The number of carbonyl (C=O) groups excluding carboxylic acids is 1. The number of morpholine rings is 1. The molecule has 0 radical (unpaired) electrons. The van der Waals surface area contributed by atoms with E-state index < -0.39 is 15.8 Å². The van der Waals surface area contributed by atoms with Gasteiger partial charge in [-0.3, -0.25) is 9.69 Å². The van der Waals surface area contributed by atoms with Crippen molar-refractivity contribution in [2.45, 2.75) is 37.7 Å². The van der Waals surface area contributed by atoms with Crippen LogP contribution in [0.15, 0.2) is 29.2 Å². The van der Waals surface area contributed by atoms with Gasteiger partial charge in [0.15, 0.2) is 0 Å².